The van der Waals surface area contributed by atoms with Crippen LogP contribution in [0.25, 0.3) is 6.08 Å². The molecule has 0 amide bonds. The predicted octanol–water partition coefficient (Wildman–Crippen LogP) is 5.61. The second-order valence-corrected chi connectivity index (χ2v) is 7.48. The topological polar surface area (TPSA) is 88.4 Å². The standard InChI is InChI=1S/C22H18F3NO5S/c1-3-31-21(29)18-19(28)17(10-12-7-8-15(27)16(9-12)30-2)32-20(18)26-14-6-4-5-13(11-14)22(23,24)25/h4-11,27-28H,3H2,1-2H3. The van der Waals surface area contributed by atoms with Gasteiger partial charge in [-0.2, -0.15) is 13.2 Å². The van der Waals surface area contributed by atoms with Crippen LogP contribution in [0.5, 0.6) is 11.5 Å². The maximum atomic E-state index is 13.0. The van der Waals surface area contributed by atoms with Gasteiger partial charge in [-0.05, 0) is 48.9 Å². The van der Waals surface area contributed by atoms with Crippen LogP contribution in [0.1, 0.15) is 18.1 Å². The molecule has 2 N–H and O–H groups in total. The van der Waals surface area contributed by atoms with E-state index in [1.165, 1.54) is 37.5 Å². The third-order valence-corrected chi connectivity index (χ3v) is 5.30. The molecule has 32 heavy (non-hydrogen) atoms. The zero-order valence-corrected chi connectivity index (χ0v) is 17.8. The maximum Gasteiger partial charge on any atom is 0.416 e. The van der Waals surface area contributed by atoms with Crippen LogP contribution >= 0.6 is 11.8 Å². The second kappa shape index (κ2) is 9.39. The first kappa shape index (κ1) is 23.3. The molecule has 0 unspecified atom stereocenters. The lowest BCUT2D eigenvalue weighted by molar-refractivity contribution is -0.138. The molecule has 0 aliphatic carbocycles. The highest BCUT2D eigenvalue weighted by Gasteiger charge is 2.34. The lowest BCUT2D eigenvalue weighted by atomic mass is 10.1. The fourth-order valence-corrected chi connectivity index (χ4v) is 3.83. The Morgan fingerprint density at radius 3 is 2.59 bits per heavy atom. The number of carbonyl (C=O) groups excluding carboxylic acids is 1. The van der Waals surface area contributed by atoms with Gasteiger partial charge >= 0.3 is 12.1 Å². The van der Waals surface area contributed by atoms with Crippen molar-refractivity contribution < 1.29 is 37.7 Å². The molecule has 2 aromatic rings. The molecular weight excluding hydrogens is 447 g/mol. The minimum Gasteiger partial charge on any atom is -0.506 e. The Hall–Kier alpha value is -3.40. The van der Waals surface area contributed by atoms with Gasteiger partial charge in [0.1, 0.15) is 16.4 Å². The van der Waals surface area contributed by atoms with Crippen molar-refractivity contribution in [2.24, 2.45) is 4.99 Å². The van der Waals surface area contributed by atoms with E-state index >= 15 is 0 Å². The molecule has 168 valence electrons. The van der Waals surface area contributed by atoms with Crippen molar-refractivity contribution in [3.8, 4) is 11.5 Å². The van der Waals surface area contributed by atoms with Gasteiger partial charge in [-0.15, -0.1) is 0 Å². The van der Waals surface area contributed by atoms with E-state index in [2.05, 4.69) is 4.99 Å². The zero-order chi connectivity index (χ0) is 23.5. The molecule has 1 aliphatic heterocycles. The molecule has 0 spiro atoms. The van der Waals surface area contributed by atoms with Crippen molar-refractivity contribution >= 4 is 34.5 Å². The van der Waals surface area contributed by atoms with Crippen LogP contribution in [-0.2, 0) is 15.7 Å². The van der Waals surface area contributed by atoms with Crippen LogP contribution in [0, 0.1) is 0 Å². The lowest BCUT2D eigenvalue weighted by Gasteiger charge is -2.07. The average Bonchev–Trinajstić information content (AvgIpc) is 3.03. The van der Waals surface area contributed by atoms with E-state index in [1.54, 1.807) is 13.0 Å². The number of methoxy groups -OCH3 is 1. The number of aliphatic hydroxyl groups is 1. The third kappa shape index (κ3) is 5.08. The highest BCUT2D eigenvalue weighted by molar-refractivity contribution is 8.18. The normalized spacial score (nSPS) is 16.7. The Bertz CT molecular complexity index is 1140. The fraction of sp³-hybridized carbons (Fsp3) is 0.182. The van der Waals surface area contributed by atoms with Crippen LogP contribution in [0.3, 0.4) is 0 Å². The van der Waals surface area contributed by atoms with E-state index in [4.69, 9.17) is 9.47 Å². The monoisotopic (exact) mass is 465 g/mol. The second-order valence-electron chi connectivity index (χ2n) is 6.45. The van der Waals surface area contributed by atoms with Gasteiger partial charge in [0.15, 0.2) is 11.5 Å². The SMILES string of the molecule is CCOC(=O)C1=C(O)C(=Cc2ccc(O)c(OC)c2)SC1=Nc1cccc(C(F)(F)F)c1. The predicted molar refractivity (Wildman–Crippen MR) is 115 cm³/mol. The molecule has 0 radical (unpaired) electrons. The number of aromatic hydroxyl groups is 1. The number of aliphatic hydroxyl groups excluding tert-OH is 1. The average molecular weight is 465 g/mol. The summed E-state index contributed by atoms with van der Waals surface area (Å²) in [5.41, 5.74) is -0.631. The van der Waals surface area contributed by atoms with Crippen LogP contribution < -0.4 is 4.74 Å². The number of phenolic OH excluding ortho intramolecular Hbond substituents is 1. The number of nitrogens with zero attached hydrogens (tertiary/aromatic N) is 1. The number of alkyl halides is 3. The maximum absolute atomic E-state index is 13.0. The molecular formula is C22H18F3NO5S. The Morgan fingerprint density at radius 2 is 1.94 bits per heavy atom. The summed E-state index contributed by atoms with van der Waals surface area (Å²) >= 11 is 0.903. The molecule has 0 saturated heterocycles. The number of benzene rings is 2. The number of carbonyl (C=O) groups is 1. The van der Waals surface area contributed by atoms with Gasteiger partial charge in [-0.1, -0.05) is 23.9 Å². The number of phenols is 1. The first-order valence-corrected chi connectivity index (χ1v) is 10.1. The van der Waals surface area contributed by atoms with Gasteiger partial charge in [-0.3, -0.25) is 0 Å². The van der Waals surface area contributed by atoms with Crippen molar-refractivity contribution in [3.63, 3.8) is 0 Å². The minimum atomic E-state index is -4.55. The van der Waals surface area contributed by atoms with Crippen LogP contribution in [0.15, 0.2) is 63.7 Å². The summed E-state index contributed by atoms with van der Waals surface area (Å²) in [6, 6.07) is 8.79. The van der Waals surface area contributed by atoms with Crippen molar-refractivity contribution in [2.45, 2.75) is 13.1 Å². The molecule has 0 aromatic heterocycles. The Balaban J connectivity index is 2.06. The van der Waals surface area contributed by atoms with Crippen LogP contribution in [0.2, 0.25) is 0 Å². The lowest BCUT2D eigenvalue weighted by Crippen LogP contribution is -2.13. The molecule has 0 bridgehead atoms. The molecule has 2 aromatic carbocycles. The molecule has 10 heteroatoms. The quantitative estimate of drug-likeness (QED) is 0.558. The number of hydrogen-bond donors (Lipinski definition) is 2. The Morgan fingerprint density at radius 1 is 1.19 bits per heavy atom. The van der Waals surface area contributed by atoms with E-state index in [0.717, 1.165) is 23.9 Å². The van der Waals surface area contributed by atoms with Gasteiger partial charge in [0.25, 0.3) is 0 Å². The first-order valence-electron chi connectivity index (χ1n) is 9.27. The zero-order valence-electron chi connectivity index (χ0n) is 16.9. The van der Waals surface area contributed by atoms with Crippen molar-refractivity contribution in [2.75, 3.05) is 13.7 Å². The molecule has 0 fully saturated rings. The number of thioether (sulfide) groups is 1. The number of rotatable bonds is 5. The summed E-state index contributed by atoms with van der Waals surface area (Å²) in [6.07, 6.45) is -3.03. The summed E-state index contributed by atoms with van der Waals surface area (Å²) in [6.45, 7) is 1.62. The molecule has 3 rings (SSSR count). The van der Waals surface area contributed by atoms with Gasteiger partial charge in [0, 0.05) is 0 Å². The number of esters is 1. The van der Waals surface area contributed by atoms with Crippen LogP contribution in [0.4, 0.5) is 18.9 Å². The number of hydrogen-bond acceptors (Lipinski definition) is 7. The highest BCUT2D eigenvalue weighted by Crippen LogP contribution is 2.41. The third-order valence-electron chi connectivity index (χ3n) is 4.28. The van der Waals surface area contributed by atoms with Crippen molar-refractivity contribution in [1.82, 2.24) is 0 Å². The number of aliphatic imine (C=N–C) groups is 1. The molecule has 0 saturated carbocycles. The minimum absolute atomic E-state index is 0.00253. The van der Waals surface area contributed by atoms with Gasteiger partial charge < -0.3 is 19.7 Å². The Labute approximate surface area is 185 Å². The first-order chi connectivity index (χ1) is 15.1. The Kier molecular flexibility index (Phi) is 6.83. The number of ether oxygens (including phenoxy) is 2. The smallest absolute Gasteiger partial charge is 0.416 e. The summed E-state index contributed by atoms with van der Waals surface area (Å²) < 4.78 is 49.1. The summed E-state index contributed by atoms with van der Waals surface area (Å²) in [7, 11) is 1.38. The fourth-order valence-electron chi connectivity index (χ4n) is 2.80. The van der Waals surface area contributed by atoms with E-state index < -0.39 is 23.5 Å². The largest absolute Gasteiger partial charge is 0.506 e. The molecule has 0 atom stereocenters. The summed E-state index contributed by atoms with van der Waals surface area (Å²) in [5.74, 6) is -1.14. The van der Waals surface area contributed by atoms with E-state index in [0.29, 0.717) is 5.56 Å². The molecule has 1 aliphatic rings. The number of halogens is 3. The highest BCUT2D eigenvalue weighted by atomic mass is 32.2. The van der Waals surface area contributed by atoms with Crippen molar-refractivity contribution in [3.05, 3.63) is 69.8 Å². The van der Waals surface area contributed by atoms with E-state index in [-0.39, 0.29) is 39.3 Å². The van der Waals surface area contributed by atoms with Gasteiger partial charge in [0.2, 0.25) is 0 Å². The summed E-state index contributed by atoms with van der Waals surface area (Å²) in [4.78, 5) is 16.8. The molecule has 1 heterocycles. The van der Waals surface area contributed by atoms with E-state index in [9.17, 15) is 28.2 Å². The van der Waals surface area contributed by atoms with Crippen LogP contribution in [-0.4, -0.2) is 34.9 Å². The van der Waals surface area contributed by atoms with Gasteiger partial charge in [0.05, 0.1) is 29.9 Å². The van der Waals surface area contributed by atoms with Gasteiger partial charge in [-0.25, -0.2) is 9.79 Å². The summed E-state index contributed by atoms with van der Waals surface area (Å²) in [5, 5.41) is 20.4. The van der Waals surface area contributed by atoms with E-state index in [1.807, 2.05) is 0 Å². The van der Waals surface area contributed by atoms with Crippen molar-refractivity contribution in [1.29, 1.82) is 0 Å². The molecule has 6 nitrogen and oxygen atoms in total.